The summed E-state index contributed by atoms with van der Waals surface area (Å²) in [5.74, 6) is 3.41. The normalized spacial score (nSPS) is 68.3. The Hall–Kier alpha value is -0.0400. The van der Waals surface area contributed by atoms with Crippen molar-refractivity contribution < 1.29 is 5.11 Å². The van der Waals surface area contributed by atoms with Crippen LogP contribution >= 0.6 is 0 Å². The van der Waals surface area contributed by atoms with E-state index in [0.29, 0.717) is 0 Å². The van der Waals surface area contributed by atoms with E-state index in [1.54, 1.807) is 0 Å². The van der Waals surface area contributed by atoms with Crippen LogP contribution in [0.1, 0.15) is 19.3 Å². The third-order valence-corrected chi connectivity index (χ3v) is 3.70. The van der Waals surface area contributed by atoms with Gasteiger partial charge in [-0.15, -0.1) is 0 Å². The molecule has 0 aromatic rings. The van der Waals surface area contributed by atoms with Crippen molar-refractivity contribution in [3.63, 3.8) is 0 Å². The average Bonchev–Trinajstić information content (AvgIpc) is 2.53. The molecule has 0 saturated heterocycles. The molecule has 0 spiro atoms. The first kappa shape index (κ1) is 4.73. The summed E-state index contributed by atoms with van der Waals surface area (Å²) < 4.78 is 0. The number of hydrogen-bond acceptors (Lipinski definition) is 1. The largest absolute Gasteiger partial charge is 0.393 e. The second-order valence-electron chi connectivity index (χ2n) is 3.96. The molecule has 9 heavy (non-hydrogen) atoms. The molecule has 3 aliphatic rings. The van der Waals surface area contributed by atoms with Crippen LogP contribution in [0, 0.1) is 23.7 Å². The lowest BCUT2D eigenvalue weighted by Gasteiger charge is -2.09. The molecule has 0 aromatic heterocycles. The first-order chi connectivity index (χ1) is 4.38. The summed E-state index contributed by atoms with van der Waals surface area (Å²) in [6.07, 6.45) is 4.22. The van der Waals surface area contributed by atoms with Crippen molar-refractivity contribution in [1.82, 2.24) is 0 Å². The Morgan fingerprint density at radius 2 is 1.44 bits per heavy atom. The lowest BCUT2D eigenvalue weighted by Crippen LogP contribution is -2.15. The summed E-state index contributed by atoms with van der Waals surface area (Å²) >= 11 is 0. The van der Waals surface area contributed by atoms with Gasteiger partial charge in [-0.1, -0.05) is 0 Å². The van der Waals surface area contributed by atoms with Crippen molar-refractivity contribution in [3.8, 4) is 0 Å². The number of aliphatic hydroxyl groups excluding tert-OH is 1. The molecule has 5 atom stereocenters. The van der Waals surface area contributed by atoms with Crippen LogP contribution in [0.25, 0.3) is 0 Å². The zero-order valence-corrected chi connectivity index (χ0v) is 5.46. The second-order valence-corrected chi connectivity index (χ2v) is 3.96. The van der Waals surface area contributed by atoms with Crippen molar-refractivity contribution in [2.24, 2.45) is 23.7 Å². The summed E-state index contributed by atoms with van der Waals surface area (Å²) in [7, 11) is 0. The van der Waals surface area contributed by atoms with Crippen molar-refractivity contribution in [1.29, 1.82) is 0 Å². The number of hydrogen-bond donors (Lipinski definition) is 1. The molecule has 3 saturated carbocycles. The van der Waals surface area contributed by atoms with Gasteiger partial charge >= 0.3 is 0 Å². The number of aliphatic hydroxyl groups is 1. The molecule has 0 aliphatic heterocycles. The van der Waals surface area contributed by atoms with E-state index in [1.807, 2.05) is 0 Å². The van der Waals surface area contributed by atoms with E-state index < -0.39 is 0 Å². The van der Waals surface area contributed by atoms with Crippen LogP contribution in [0.5, 0.6) is 0 Å². The van der Waals surface area contributed by atoms with Gasteiger partial charge in [-0.25, -0.2) is 0 Å². The fourth-order valence-corrected chi connectivity index (χ4v) is 3.20. The third kappa shape index (κ3) is 0.389. The number of fused-ring (bicyclic) bond motifs is 5. The Kier molecular flexibility index (Phi) is 0.628. The van der Waals surface area contributed by atoms with E-state index in [-0.39, 0.29) is 6.10 Å². The highest BCUT2D eigenvalue weighted by molar-refractivity contribution is 5.11. The monoisotopic (exact) mass is 124 g/mol. The van der Waals surface area contributed by atoms with Crippen LogP contribution in [-0.2, 0) is 0 Å². The SMILES string of the molecule is OC1[C@H]2CC[C@H]1[C@H]1C[C@H]12. The van der Waals surface area contributed by atoms with E-state index in [9.17, 15) is 5.11 Å². The topological polar surface area (TPSA) is 20.2 Å². The Labute approximate surface area is 55.1 Å². The van der Waals surface area contributed by atoms with Crippen LogP contribution in [0.15, 0.2) is 0 Å². The van der Waals surface area contributed by atoms with E-state index in [2.05, 4.69) is 0 Å². The van der Waals surface area contributed by atoms with Gasteiger partial charge in [0.05, 0.1) is 6.10 Å². The minimum absolute atomic E-state index is 0.119. The summed E-state index contributed by atoms with van der Waals surface area (Å²) in [4.78, 5) is 0. The molecule has 3 aliphatic carbocycles. The Morgan fingerprint density at radius 3 is 1.78 bits per heavy atom. The highest BCUT2D eigenvalue weighted by atomic mass is 16.3. The number of rotatable bonds is 0. The van der Waals surface area contributed by atoms with Crippen molar-refractivity contribution in [2.75, 3.05) is 0 Å². The predicted molar refractivity (Wildman–Crippen MR) is 33.8 cm³/mol. The van der Waals surface area contributed by atoms with E-state index in [4.69, 9.17) is 0 Å². The highest BCUT2D eigenvalue weighted by Gasteiger charge is 2.62. The van der Waals surface area contributed by atoms with Crippen molar-refractivity contribution >= 4 is 0 Å². The Bertz CT molecular complexity index is 139. The zero-order valence-electron chi connectivity index (χ0n) is 5.46. The van der Waals surface area contributed by atoms with E-state index in [1.165, 1.54) is 19.3 Å². The van der Waals surface area contributed by atoms with Crippen LogP contribution in [-0.4, -0.2) is 11.2 Å². The Balaban J connectivity index is 2.00. The zero-order chi connectivity index (χ0) is 6.01. The van der Waals surface area contributed by atoms with Crippen LogP contribution in [0.2, 0.25) is 0 Å². The minimum Gasteiger partial charge on any atom is -0.393 e. The molecule has 1 N–H and O–H groups in total. The molecule has 2 bridgehead atoms. The molecular formula is C8H12O. The van der Waals surface area contributed by atoms with Crippen LogP contribution in [0.4, 0.5) is 0 Å². The molecule has 0 radical (unpaired) electrons. The molecule has 3 fully saturated rings. The molecule has 3 rings (SSSR count). The molecule has 0 aromatic carbocycles. The molecule has 1 heteroatoms. The van der Waals surface area contributed by atoms with E-state index >= 15 is 0 Å². The van der Waals surface area contributed by atoms with E-state index in [0.717, 1.165) is 23.7 Å². The third-order valence-electron chi connectivity index (χ3n) is 3.70. The maximum absolute atomic E-state index is 9.53. The van der Waals surface area contributed by atoms with Gasteiger partial charge in [-0.05, 0) is 42.9 Å². The summed E-state index contributed by atoms with van der Waals surface area (Å²) in [5.41, 5.74) is 0. The van der Waals surface area contributed by atoms with Gasteiger partial charge in [-0.3, -0.25) is 0 Å². The lowest BCUT2D eigenvalue weighted by atomic mass is 10.0. The van der Waals surface area contributed by atoms with Crippen molar-refractivity contribution in [2.45, 2.75) is 25.4 Å². The van der Waals surface area contributed by atoms with Crippen molar-refractivity contribution in [3.05, 3.63) is 0 Å². The Morgan fingerprint density at radius 1 is 0.889 bits per heavy atom. The van der Waals surface area contributed by atoms with Crippen LogP contribution < -0.4 is 0 Å². The fraction of sp³-hybridized carbons (Fsp3) is 1.00. The quantitative estimate of drug-likeness (QED) is 0.511. The maximum atomic E-state index is 9.53. The van der Waals surface area contributed by atoms with Gasteiger partial charge in [0, 0.05) is 0 Å². The van der Waals surface area contributed by atoms with Gasteiger partial charge < -0.3 is 5.11 Å². The minimum atomic E-state index is 0.119. The van der Waals surface area contributed by atoms with Gasteiger partial charge in [0.15, 0.2) is 0 Å². The van der Waals surface area contributed by atoms with Gasteiger partial charge in [0.1, 0.15) is 0 Å². The molecule has 0 amide bonds. The molecule has 0 heterocycles. The first-order valence-electron chi connectivity index (χ1n) is 4.06. The van der Waals surface area contributed by atoms with Gasteiger partial charge in [0.25, 0.3) is 0 Å². The fourth-order valence-electron chi connectivity index (χ4n) is 3.20. The van der Waals surface area contributed by atoms with Gasteiger partial charge in [-0.2, -0.15) is 0 Å². The molecule has 1 nitrogen and oxygen atoms in total. The second kappa shape index (κ2) is 1.20. The average molecular weight is 124 g/mol. The summed E-state index contributed by atoms with van der Waals surface area (Å²) in [6, 6.07) is 0. The molecular weight excluding hydrogens is 112 g/mol. The standard InChI is InChI=1S/C8H12O/c9-8-4-1-2-5(8)7-3-6(4)7/h4-9H,1-3H2/t4-,5-,6-,7+,8?/m0/s1. The lowest BCUT2D eigenvalue weighted by molar-refractivity contribution is 0.108. The smallest absolute Gasteiger partial charge is 0.0602 e. The maximum Gasteiger partial charge on any atom is 0.0602 e. The van der Waals surface area contributed by atoms with Gasteiger partial charge in [0.2, 0.25) is 0 Å². The predicted octanol–water partition coefficient (Wildman–Crippen LogP) is 1.02. The highest BCUT2D eigenvalue weighted by Crippen LogP contribution is 2.65. The van der Waals surface area contributed by atoms with Crippen LogP contribution in [0.3, 0.4) is 0 Å². The summed E-state index contributed by atoms with van der Waals surface area (Å²) in [5, 5.41) is 9.53. The first-order valence-corrected chi connectivity index (χ1v) is 4.06. The molecule has 1 unspecified atom stereocenters. The molecule has 50 valence electrons. The summed E-state index contributed by atoms with van der Waals surface area (Å²) in [6.45, 7) is 0.